The quantitative estimate of drug-likeness (QED) is 0.732. The van der Waals surface area contributed by atoms with Crippen LogP contribution < -0.4 is 0 Å². The minimum Gasteiger partial charge on any atom is -0.353 e. The SMILES string of the molecule is CC.Cc1ccccc1.[B]N1CCC(CC)CC1.[B]N1CCN(CC)CC1. The van der Waals surface area contributed by atoms with Gasteiger partial charge in [0, 0.05) is 13.1 Å². The number of aryl methyl sites for hydroxylation is 1. The normalized spacial score (nSPS) is 18.9. The molecule has 0 atom stereocenters. The minimum absolute atomic E-state index is 0.949. The van der Waals surface area contributed by atoms with Crippen molar-refractivity contribution < 1.29 is 0 Å². The van der Waals surface area contributed by atoms with Gasteiger partial charge in [-0.3, -0.25) is 0 Å². The van der Waals surface area contributed by atoms with Gasteiger partial charge in [-0.05, 0) is 58.4 Å². The van der Waals surface area contributed by atoms with E-state index in [1.807, 2.05) is 41.7 Å². The molecule has 3 rings (SSSR count). The van der Waals surface area contributed by atoms with Crippen molar-refractivity contribution >= 4 is 16.0 Å². The standard InChI is InChI=1S/C7H14BN.C7H8.C6H13BN2.C2H6/c1-2-7-3-5-9(8)6-4-7;1-7-5-3-2-4-6-7;1-2-8-3-5-9(7)6-4-8;1-2/h7H,2-6H2,1H3;2-6H,1H3;2-6H2,1H3;1-2H3. The fraction of sp³-hybridized carbons (Fsp3) is 0.727. The van der Waals surface area contributed by atoms with Crippen molar-refractivity contribution in [3.05, 3.63) is 35.9 Å². The van der Waals surface area contributed by atoms with Gasteiger partial charge in [-0.1, -0.05) is 70.0 Å². The third-order valence-electron chi connectivity index (χ3n) is 5.02. The van der Waals surface area contributed by atoms with Gasteiger partial charge in [0.25, 0.3) is 0 Å². The molecule has 150 valence electrons. The van der Waals surface area contributed by atoms with E-state index in [2.05, 4.69) is 37.8 Å². The van der Waals surface area contributed by atoms with E-state index in [1.165, 1.54) is 24.8 Å². The monoisotopic (exact) mass is 369 g/mol. The Hall–Kier alpha value is -0.770. The van der Waals surface area contributed by atoms with Crippen LogP contribution in [0.15, 0.2) is 30.3 Å². The van der Waals surface area contributed by atoms with Crippen LogP contribution in [0.25, 0.3) is 0 Å². The first-order valence-electron chi connectivity index (χ1n) is 10.8. The predicted molar refractivity (Wildman–Crippen MR) is 122 cm³/mol. The summed E-state index contributed by atoms with van der Waals surface area (Å²) in [5.41, 5.74) is 1.32. The van der Waals surface area contributed by atoms with E-state index >= 15 is 0 Å². The highest BCUT2D eigenvalue weighted by Crippen LogP contribution is 2.17. The number of nitrogens with zero attached hydrogens (tertiary/aromatic N) is 3. The molecule has 2 aliphatic rings. The van der Waals surface area contributed by atoms with Crippen molar-refractivity contribution in [1.29, 1.82) is 0 Å². The third-order valence-corrected chi connectivity index (χ3v) is 5.02. The maximum atomic E-state index is 5.58. The Morgan fingerprint density at radius 1 is 0.815 bits per heavy atom. The van der Waals surface area contributed by atoms with Crippen LogP contribution in [0.4, 0.5) is 0 Å². The number of piperidine rings is 1. The molecule has 0 spiro atoms. The highest BCUT2D eigenvalue weighted by Gasteiger charge is 2.13. The Kier molecular flexibility index (Phi) is 16.8. The summed E-state index contributed by atoms with van der Waals surface area (Å²) >= 11 is 0. The van der Waals surface area contributed by atoms with E-state index in [0.29, 0.717) is 0 Å². The lowest BCUT2D eigenvalue weighted by Gasteiger charge is -2.31. The lowest BCUT2D eigenvalue weighted by molar-refractivity contribution is 0.200. The first-order valence-corrected chi connectivity index (χ1v) is 10.8. The molecule has 27 heavy (non-hydrogen) atoms. The molecule has 1 aromatic rings. The van der Waals surface area contributed by atoms with Crippen molar-refractivity contribution in [3.63, 3.8) is 0 Å². The molecule has 0 N–H and O–H groups in total. The first kappa shape index (κ1) is 26.2. The minimum atomic E-state index is 0.949. The summed E-state index contributed by atoms with van der Waals surface area (Å²) in [7, 11) is 11.1. The largest absolute Gasteiger partial charge is 0.353 e. The smallest absolute Gasteiger partial charge is 0.182 e. The molecule has 0 amide bonds. The van der Waals surface area contributed by atoms with Crippen molar-refractivity contribution in [2.24, 2.45) is 5.92 Å². The fourth-order valence-electron chi connectivity index (χ4n) is 2.98. The van der Waals surface area contributed by atoms with E-state index in [1.54, 1.807) is 0 Å². The van der Waals surface area contributed by atoms with Crippen LogP contribution in [0.5, 0.6) is 0 Å². The van der Waals surface area contributed by atoms with Crippen LogP contribution in [0.1, 0.15) is 52.5 Å². The van der Waals surface area contributed by atoms with Gasteiger partial charge < -0.3 is 14.5 Å². The maximum absolute atomic E-state index is 5.58. The number of hydrogen-bond donors (Lipinski definition) is 0. The Morgan fingerprint density at radius 2 is 1.30 bits per heavy atom. The number of piperazine rings is 1. The second-order valence-electron chi connectivity index (χ2n) is 7.01. The molecule has 4 radical (unpaired) electrons. The Balaban J connectivity index is 0.000000361. The van der Waals surface area contributed by atoms with Crippen molar-refractivity contribution in [3.8, 4) is 0 Å². The first-order chi connectivity index (χ1) is 13.0. The number of rotatable bonds is 2. The summed E-state index contributed by atoms with van der Waals surface area (Å²) in [6, 6.07) is 10.3. The second kappa shape index (κ2) is 17.3. The van der Waals surface area contributed by atoms with Crippen LogP contribution in [0, 0.1) is 12.8 Å². The van der Waals surface area contributed by atoms with Gasteiger partial charge >= 0.3 is 0 Å². The summed E-state index contributed by atoms with van der Waals surface area (Å²) in [6.07, 6.45) is 3.92. The van der Waals surface area contributed by atoms with Gasteiger partial charge in [0.05, 0.1) is 0 Å². The molecular formula is C22H41B2N3. The molecule has 0 aliphatic carbocycles. The molecular weight excluding hydrogens is 328 g/mol. The molecule has 0 unspecified atom stereocenters. The molecule has 0 saturated carbocycles. The molecule has 5 heteroatoms. The zero-order valence-corrected chi connectivity index (χ0v) is 18.5. The van der Waals surface area contributed by atoms with E-state index in [4.69, 9.17) is 16.0 Å². The molecule has 2 aliphatic heterocycles. The van der Waals surface area contributed by atoms with Crippen molar-refractivity contribution in [2.75, 3.05) is 45.8 Å². The predicted octanol–water partition coefficient (Wildman–Crippen LogP) is 3.92. The Labute approximate surface area is 172 Å². The van der Waals surface area contributed by atoms with E-state index in [9.17, 15) is 0 Å². The van der Waals surface area contributed by atoms with Gasteiger partial charge in [-0.15, -0.1) is 0 Å². The van der Waals surface area contributed by atoms with Gasteiger partial charge in [-0.2, -0.15) is 0 Å². The van der Waals surface area contributed by atoms with E-state index < -0.39 is 0 Å². The molecule has 0 bridgehead atoms. The Bertz CT molecular complexity index is 393. The van der Waals surface area contributed by atoms with Crippen LogP contribution in [-0.2, 0) is 0 Å². The van der Waals surface area contributed by atoms with Crippen molar-refractivity contribution in [1.82, 2.24) is 14.5 Å². The lowest BCUT2D eigenvalue weighted by atomic mass is 9.93. The van der Waals surface area contributed by atoms with Crippen LogP contribution in [0.3, 0.4) is 0 Å². The number of hydrogen-bond acceptors (Lipinski definition) is 3. The highest BCUT2D eigenvalue weighted by atomic mass is 15.2. The molecule has 2 fully saturated rings. The van der Waals surface area contributed by atoms with Gasteiger partial charge in [0.15, 0.2) is 16.0 Å². The van der Waals surface area contributed by atoms with Gasteiger partial charge in [0.2, 0.25) is 0 Å². The van der Waals surface area contributed by atoms with Crippen LogP contribution in [-0.4, -0.2) is 76.3 Å². The summed E-state index contributed by atoms with van der Waals surface area (Å²) in [5.74, 6) is 0.949. The summed E-state index contributed by atoms with van der Waals surface area (Å²) in [4.78, 5) is 6.21. The fourth-order valence-corrected chi connectivity index (χ4v) is 2.98. The number of benzene rings is 1. The van der Waals surface area contributed by atoms with Crippen LogP contribution >= 0.6 is 0 Å². The van der Waals surface area contributed by atoms with E-state index in [0.717, 1.165) is 51.7 Å². The zero-order chi connectivity index (χ0) is 20.5. The molecule has 1 aromatic carbocycles. The molecule has 2 heterocycles. The summed E-state index contributed by atoms with van der Waals surface area (Å²) in [5, 5.41) is 0. The van der Waals surface area contributed by atoms with Crippen LogP contribution in [0.2, 0.25) is 0 Å². The average Bonchev–Trinajstić information content (AvgIpc) is 2.72. The lowest BCUT2D eigenvalue weighted by Crippen LogP contribution is -2.44. The number of likely N-dealkylation sites (N-methyl/N-ethyl adjacent to an activating group) is 1. The highest BCUT2D eigenvalue weighted by molar-refractivity contribution is 6.04. The summed E-state index contributed by atoms with van der Waals surface area (Å²) in [6.45, 7) is 18.2. The molecule has 3 nitrogen and oxygen atoms in total. The average molecular weight is 369 g/mol. The van der Waals surface area contributed by atoms with E-state index in [-0.39, 0.29) is 0 Å². The third kappa shape index (κ3) is 14.0. The molecule has 2 saturated heterocycles. The summed E-state index contributed by atoms with van der Waals surface area (Å²) < 4.78 is 0. The molecule has 0 aromatic heterocycles. The van der Waals surface area contributed by atoms with Gasteiger partial charge in [-0.25, -0.2) is 0 Å². The Morgan fingerprint density at radius 3 is 1.67 bits per heavy atom. The zero-order valence-electron chi connectivity index (χ0n) is 18.5. The van der Waals surface area contributed by atoms with Crippen molar-refractivity contribution in [2.45, 2.75) is 53.9 Å². The topological polar surface area (TPSA) is 9.72 Å². The van der Waals surface area contributed by atoms with Gasteiger partial charge in [0.1, 0.15) is 0 Å². The maximum Gasteiger partial charge on any atom is 0.182 e. The second-order valence-corrected chi connectivity index (χ2v) is 7.01.